The van der Waals surface area contributed by atoms with Crippen molar-refractivity contribution in [2.45, 2.75) is 31.8 Å². The van der Waals surface area contributed by atoms with Crippen molar-refractivity contribution in [3.8, 4) is 0 Å². The highest BCUT2D eigenvalue weighted by Gasteiger charge is 2.16. The number of carboxylic acid groups (broad SMARTS) is 1. The highest BCUT2D eigenvalue weighted by atomic mass is 16.4. The fourth-order valence-corrected chi connectivity index (χ4v) is 1.18. The van der Waals surface area contributed by atoms with Crippen LogP contribution in [0.3, 0.4) is 0 Å². The predicted molar refractivity (Wildman–Crippen MR) is 42.4 cm³/mol. The Hall–Kier alpha value is -0.830. The van der Waals surface area contributed by atoms with E-state index in [0.717, 1.165) is 12.8 Å². The van der Waals surface area contributed by atoms with Crippen LogP contribution in [0.2, 0.25) is 0 Å². The van der Waals surface area contributed by atoms with E-state index in [-0.39, 0.29) is 0 Å². The Morgan fingerprint density at radius 1 is 1.64 bits per heavy atom. The SMILES string of the molecule is C[C@H](NC1CC=CC1)C(=O)O. The first kappa shape index (κ1) is 8.27. The summed E-state index contributed by atoms with van der Waals surface area (Å²) in [7, 11) is 0. The van der Waals surface area contributed by atoms with Crippen molar-refractivity contribution in [3.05, 3.63) is 12.2 Å². The van der Waals surface area contributed by atoms with Gasteiger partial charge in [0.25, 0.3) is 0 Å². The molecule has 0 spiro atoms. The van der Waals surface area contributed by atoms with Gasteiger partial charge in [-0.25, -0.2) is 0 Å². The van der Waals surface area contributed by atoms with Crippen LogP contribution in [0.4, 0.5) is 0 Å². The van der Waals surface area contributed by atoms with Crippen molar-refractivity contribution in [2.75, 3.05) is 0 Å². The molecule has 3 nitrogen and oxygen atoms in total. The summed E-state index contributed by atoms with van der Waals surface area (Å²) in [5, 5.41) is 11.6. The molecule has 0 unspecified atom stereocenters. The molecule has 1 aliphatic rings. The number of hydrogen-bond acceptors (Lipinski definition) is 2. The molecule has 0 saturated heterocycles. The standard InChI is InChI=1S/C8H13NO2/c1-6(8(10)11)9-7-4-2-3-5-7/h2-3,6-7,9H,4-5H2,1H3,(H,10,11)/t6-/m0/s1. The topological polar surface area (TPSA) is 49.3 Å². The maximum Gasteiger partial charge on any atom is 0.320 e. The van der Waals surface area contributed by atoms with Crippen molar-refractivity contribution in [1.29, 1.82) is 0 Å². The fraction of sp³-hybridized carbons (Fsp3) is 0.625. The van der Waals surface area contributed by atoms with E-state index in [1.807, 2.05) is 0 Å². The highest BCUT2D eigenvalue weighted by Crippen LogP contribution is 2.09. The molecular weight excluding hydrogens is 142 g/mol. The van der Waals surface area contributed by atoms with Gasteiger partial charge < -0.3 is 10.4 Å². The van der Waals surface area contributed by atoms with Crippen molar-refractivity contribution in [2.24, 2.45) is 0 Å². The summed E-state index contributed by atoms with van der Waals surface area (Å²) >= 11 is 0. The predicted octanol–water partition coefficient (Wildman–Crippen LogP) is 0.768. The minimum Gasteiger partial charge on any atom is -0.480 e. The van der Waals surface area contributed by atoms with Crippen LogP contribution in [-0.2, 0) is 4.79 Å². The van der Waals surface area contributed by atoms with E-state index in [1.54, 1.807) is 6.92 Å². The molecule has 0 radical (unpaired) electrons. The van der Waals surface area contributed by atoms with Gasteiger partial charge in [-0.15, -0.1) is 0 Å². The average Bonchev–Trinajstić information content (AvgIpc) is 2.39. The highest BCUT2D eigenvalue weighted by molar-refractivity contribution is 5.72. The van der Waals surface area contributed by atoms with E-state index in [2.05, 4.69) is 17.5 Å². The summed E-state index contributed by atoms with van der Waals surface area (Å²) in [6.07, 6.45) is 6.06. The van der Waals surface area contributed by atoms with E-state index >= 15 is 0 Å². The van der Waals surface area contributed by atoms with Crippen LogP contribution in [-0.4, -0.2) is 23.2 Å². The Morgan fingerprint density at radius 3 is 2.64 bits per heavy atom. The molecule has 0 aromatic rings. The van der Waals surface area contributed by atoms with Crippen LogP contribution in [0.25, 0.3) is 0 Å². The van der Waals surface area contributed by atoms with Gasteiger partial charge in [-0.1, -0.05) is 12.2 Å². The third-order valence-electron chi connectivity index (χ3n) is 1.86. The number of rotatable bonds is 3. The Bertz CT molecular complexity index is 169. The first-order valence-corrected chi connectivity index (χ1v) is 3.84. The lowest BCUT2D eigenvalue weighted by Gasteiger charge is -2.14. The Labute approximate surface area is 66.1 Å². The maximum absolute atomic E-state index is 10.4. The largest absolute Gasteiger partial charge is 0.480 e. The number of aliphatic carboxylic acids is 1. The average molecular weight is 155 g/mol. The first-order valence-electron chi connectivity index (χ1n) is 3.84. The van der Waals surface area contributed by atoms with Crippen LogP contribution >= 0.6 is 0 Å². The Kier molecular flexibility index (Phi) is 2.65. The summed E-state index contributed by atoms with van der Waals surface area (Å²) < 4.78 is 0. The summed E-state index contributed by atoms with van der Waals surface area (Å²) in [5.74, 6) is -0.781. The second-order valence-electron chi connectivity index (χ2n) is 2.87. The van der Waals surface area contributed by atoms with E-state index in [0.29, 0.717) is 6.04 Å². The molecule has 0 amide bonds. The van der Waals surface area contributed by atoms with Crippen LogP contribution in [0.5, 0.6) is 0 Å². The van der Waals surface area contributed by atoms with Gasteiger partial charge in [-0.05, 0) is 19.8 Å². The van der Waals surface area contributed by atoms with E-state index < -0.39 is 12.0 Å². The second-order valence-corrected chi connectivity index (χ2v) is 2.87. The smallest absolute Gasteiger partial charge is 0.320 e. The van der Waals surface area contributed by atoms with Gasteiger partial charge in [0.15, 0.2) is 0 Å². The van der Waals surface area contributed by atoms with Gasteiger partial charge in [-0.2, -0.15) is 0 Å². The molecule has 0 aliphatic heterocycles. The van der Waals surface area contributed by atoms with E-state index in [1.165, 1.54) is 0 Å². The second kappa shape index (κ2) is 3.53. The lowest BCUT2D eigenvalue weighted by Crippen LogP contribution is -2.40. The quantitative estimate of drug-likeness (QED) is 0.592. The summed E-state index contributed by atoms with van der Waals surface area (Å²) in [4.78, 5) is 10.4. The molecule has 0 heterocycles. The third kappa shape index (κ3) is 2.35. The fourth-order valence-electron chi connectivity index (χ4n) is 1.18. The molecule has 0 aromatic carbocycles. The van der Waals surface area contributed by atoms with Crippen LogP contribution in [0.15, 0.2) is 12.2 Å². The van der Waals surface area contributed by atoms with Crippen molar-refractivity contribution >= 4 is 5.97 Å². The molecule has 3 heteroatoms. The summed E-state index contributed by atoms with van der Waals surface area (Å²) in [6, 6.07) is -0.0963. The summed E-state index contributed by atoms with van der Waals surface area (Å²) in [6.45, 7) is 1.67. The number of carboxylic acids is 1. The molecule has 62 valence electrons. The van der Waals surface area contributed by atoms with Crippen LogP contribution in [0.1, 0.15) is 19.8 Å². The normalized spacial score (nSPS) is 20.5. The molecule has 2 N–H and O–H groups in total. The van der Waals surface area contributed by atoms with Gasteiger partial charge >= 0.3 is 5.97 Å². The van der Waals surface area contributed by atoms with Gasteiger partial charge in [0.05, 0.1) is 0 Å². The lowest BCUT2D eigenvalue weighted by molar-refractivity contribution is -0.139. The molecule has 0 aromatic heterocycles. The molecular formula is C8H13NO2. The zero-order chi connectivity index (χ0) is 8.27. The monoisotopic (exact) mass is 155 g/mol. The molecule has 1 rings (SSSR count). The zero-order valence-electron chi connectivity index (χ0n) is 6.58. The molecule has 11 heavy (non-hydrogen) atoms. The van der Waals surface area contributed by atoms with Crippen molar-refractivity contribution in [1.82, 2.24) is 5.32 Å². The van der Waals surface area contributed by atoms with E-state index in [4.69, 9.17) is 5.11 Å². The molecule has 0 bridgehead atoms. The summed E-state index contributed by atoms with van der Waals surface area (Å²) in [5.41, 5.74) is 0. The van der Waals surface area contributed by atoms with Gasteiger partial charge in [0.2, 0.25) is 0 Å². The van der Waals surface area contributed by atoms with Crippen molar-refractivity contribution in [3.63, 3.8) is 0 Å². The maximum atomic E-state index is 10.4. The minimum absolute atomic E-state index is 0.334. The first-order chi connectivity index (χ1) is 5.20. The lowest BCUT2D eigenvalue weighted by atomic mass is 10.2. The van der Waals surface area contributed by atoms with Crippen molar-refractivity contribution < 1.29 is 9.90 Å². The zero-order valence-corrected chi connectivity index (χ0v) is 6.58. The molecule has 0 saturated carbocycles. The van der Waals surface area contributed by atoms with Gasteiger partial charge in [-0.3, -0.25) is 4.79 Å². The molecule has 1 atom stereocenters. The van der Waals surface area contributed by atoms with Crippen LogP contribution in [0, 0.1) is 0 Å². The van der Waals surface area contributed by atoms with Gasteiger partial charge in [0.1, 0.15) is 6.04 Å². The molecule has 1 aliphatic carbocycles. The minimum atomic E-state index is -0.781. The van der Waals surface area contributed by atoms with E-state index in [9.17, 15) is 4.79 Å². The number of carbonyl (C=O) groups is 1. The Morgan fingerprint density at radius 2 is 2.18 bits per heavy atom. The van der Waals surface area contributed by atoms with Gasteiger partial charge in [0, 0.05) is 6.04 Å². The third-order valence-corrected chi connectivity index (χ3v) is 1.86. The Balaban J connectivity index is 2.25. The number of nitrogens with one attached hydrogen (secondary N) is 1. The van der Waals surface area contributed by atoms with Crippen LogP contribution < -0.4 is 5.32 Å². The molecule has 0 fully saturated rings. The number of hydrogen-bond donors (Lipinski definition) is 2.